The van der Waals surface area contributed by atoms with E-state index >= 15 is 0 Å². The van der Waals surface area contributed by atoms with Gasteiger partial charge < -0.3 is 9.67 Å². The van der Waals surface area contributed by atoms with Crippen LogP contribution in [-0.2, 0) is 0 Å². The molecule has 0 atom stereocenters. The normalized spacial score (nSPS) is 10.4. The number of aromatic nitrogens is 1. The van der Waals surface area contributed by atoms with Gasteiger partial charge in [-0.05, 0) is 18.2 Å². The van der Waals surface area contributed by atoms with Crippen molar-refractivity contribution in [3.8, 4) is 5.69 Å². The van der Waals surface area contributed by atoms with Crippen LogP contribution in [0.15, 0.2) is 36.5 Å². The van der Waals surface area contributed by atoms with Crippen LogP contribution in [0.4, 0.5) is 0 Å². The summed E-state index contributed by atoms with van der Waals surface area (Å²) in [5, 5.41) is 9.84. The van der Waals surface area contributed by atoms with Gasteiger partial charge in [0, 0.05) is 6.20 Å². The summed E-state index contributed by atoms with van der Waals surface area (Å²) in [6.45, 7) is 0. The molecule has 0 spiro atoms. The van der Waals surface area contributed by atoms with Crippen LogP contribution < -0.4 is 0 Å². The topological polar surface area (TPSA) is 42.2 Å². The molecule has 1 N–H and O–H groups in total. The Labute approximate surface area is 102 Å². The molecular weight excluding hydrogens is 249 g/mol. The standard InChI is InChI=1S/C11H7Cl2NO2/c12-7-5-10(11(15)16)14(6-7)9-4-2-1-3-8(9)13/h1-6H,(H,15,16). The number of aromatic carboxylic acids is 1. The molecule has 0 unspecified atom stereocenters. The fourth-order valence-corrected chi connectivity index (χ4v) is 1.87. The number of hydrogen-bond acceptors (Lipinski definition) is 1. The van der Waals surface area contributed by atoms with Gasteiger partial charge >= 0.3 is 5.97 Å². The van der Waals surface area contributed by atoms with E-state index in [1.54, 1.807) is 24.3 Å². The summed E-state index contributed by atoms with van der Waals surface area (Å²) in [6.07, 6.45) is 1.52. The van der Waals surface area contributed by atoms with Crippen LogP contribution in [0, 0.1) is 0 Å². The Balaban J connectivity index is 2.64. The predicted molar refractivity (Wildman–Crippen MR) is 62.7 cm³/mol. The SMILES string of the molecule is O=C(O)c1cc(Cl)cn1-c1ccccc1Cl. The van der Waals surface area contributed by atoms with Gasteiger partial charge in [-0.3, -0.25) is 0 Å². The van der Waals surface area contributed by atoms with Crippen molar-refractivity contribution in [1.29, 1.82) is 0 Å². The molecule has 5 heteroatoms. The maximum absolute atomic E-state index is 11.0. The van der Waals surface area contributed by atoms with Crippen molar-refractivity contribution in [2.45, 2.75) is 0 Å². The summed E-state index contributed by atoms with van der Waals surface area (Å²) in [6, 6.07) is 8.35. The van der Waals surface area contributed by atoms with Crippen molar-refractivity contribution in [3.63, 3.8) is 0 Å². The number of carboxylic acid groups (broad SMARTS) is 1. The number of carboxylic acids is 1. The first-order valence-electron chi connectivity index (χ1n) is 4.45. The van der Waals surface area contributed by atoms with Crippen molar-refractivity contribution >= 4 is 29.2 Å². The van der Waals surface area contributed by atoms with Gasteiger partial charge in [0.2, 0.25) is 0 Å². The minimum absolute atomic E-state index is 0.0816. The molecule has 0 radical (unpaired) electrons. The van der Waals surface area contributed by atoms with Crippen LogP contribution >= 0.6 is 23.2 Å². The molecule has 0 saturated carbocycles. The zero-order valence-electron chi connectivity index (χ0n) is 8.02. The lowest BCUT2D eigenvalue weighted by atomic mass is 10.3. The number of rotatable bonds is 2. The van der Waals surface area contributed by atoms with Crippen LogP contribution in [0.2, 0.25) is 10.0 Å². The van der Waals surface area contributed by atoms with Crippen LogP contribution in [-0.4, -0.2) is 15.6 Å². The lowest BCUT2D eigenvalue weighted by molar-refractivity contribution is 0.0688. The Kier molecular flexibility index (Phi) is 2.90. The van der Waals surface area contributed by atoms with Crippen molar-refractivity contribution in [1.82, 2.24) is 4.57 Å². The van der Waals surface area contributed by atoms with Gasteiger partial charge in [-0.25, -0.2) is 4.79 Å². The largest absolute Gasteiger partial charge is 0.477 e. The summed E-state index contributed by atoms with van der Waals surface area (Å²) in [7, 11) is 0. The first-order chi connectivity index (χ1) is 7.59. The van der Waals surface area contributed by atoms with Gasteiger partial charge in [0.1, 0.15) is 5.69 Å². The molecule has 2 rings (SSSR count). The molecule has 2 aromatic rings. The predicted octanol–water partition coefficient (Wildman–Crippen LogP) is 3.48. The van der Waals surface area contributed by atoms with Crippen molar-refractivity contribution in [2.75, 3.05) is 0 Å². The highest BCUT2D eigenvalue weighted by Gasteiger charge is 2.14. The zero-order valence-corrected chi connectivity index (χ0v) is 9.53. The number of hydrogen-bond donors (Lipinski definition) is 1. The van der Waals surface area contributed by atoms with E-state index in [4.69, 9.17) is 28.3 Å². The van der Waals surface area contributed by atoms with Gasteiger partial charge in [-0.2, -0.15) is 0 Å². The highest BCUT2D eigenvalue weighted by molar-refractivity contribution is 6.32. The second-order valence-electron chi connectivity index (χ2n) is 3.17. The van der Waals surface area contributed by atoms with Crippen molar-refractivity contribution < 1.29 is 9.90 Å². The average molecular weight is 256 g/mol. The van der Waals surface area contributed by atoms with Crippen LogP contribution in [0.3, 0.4) is 0 Å². The molecule has 0 aliphatic carbocycles. The monoisotopic (exact) mass is 255 g/mol. The highest BCUT2D eigenvalue weighted by Crippen LogP contribution is 2.24. The molecule has 0 saturated heterocycles. The van der Waals surface area contributed by atoms with Gasteiger partial charge in [-0.1, -0.05) is 35.3 Å². The second-order valence-corrected chi connectivity index (χ2v) is 4.01. The molecule has 0 aliphatic heterocycles. The molecule has 0 aliphatic rings. The summed E-state index contributed by atoms with van der Waals surface area (Å²) in [5.74, 6) is -1.05. The Morgan fingerprint density at radius 2 is 1.94 bits per heavy atom. The quantitative estimate of drug-likeness (QED) is 0.893. The fourth-order valence-electron chi connectivity index (χ4n) is 1.44. The van der Waals surface area contributed by atoms with E-state index in [1.165, 1.54) is 16.8 Å². The molecule has 16 heavy (non-hydrogen) atoms. The van der Waals surface area contributed by atoms with Crippen molar-refractivity contribution in [3.05, 3.63) is 52.3 Å². The van der Waals surface area contributed by atoms with E-state index in [2.05, 4.69) is 0 Å². The van der Waals surface area contributed by atoms with Crippen LogP contribution in [0.1, 0.15) is 10.5 Å². The van der Waals surface area contributed by atoms with Crippen molar-refractivity contribution in [2.24, 2.45) is 0 Å². The average Bonchev–Trinajstić information content (AvgIpc) is 2.61. The first kappa shape index (κ1) is 11.0. The molecule has 1 aromatic heterocycles. The van der Waals surface area contributed by atoms with Gasteiger partial charge in [-0.15, -0.1) is 0 Å². The highest BCUT2D eigenvalue weighted by atomic mass is 35.5. The molecule has 0 fully saturated rings. The molecule has 1 heterocycles. The summed E-state index contributed by atoms with van der Waals surface area (Å²) in [4.78, 5) is 11.0. The number of nitrogens with zero attached hydrogens (tertiary/aromatic N) is 1. The maximum Gasteiger partial charge on any atom is 0.352 e. The molecule has 1 aromatic carbocycles. The fraction of sp³-hybridized carbons (Fsp3) is 0. The van der Waals surface area contributed by atoms with Crippen LogP contribution in [0.25, 0.3) is 5.69 Å². The zero-order chi connectivity index (χ0) is 11.7. The van der Waals surface area contributed by atoms with E-state index in [1.807, 2.05) is 0 Å². The Hall–Kier alpha value is -1.45. The Bertz CT molecular complexity index is 549. The molecule has 82 valence electrons. The number of para-hydroxylation sites is 1. The van der Waals surface area contributed by atoms with E-state index in [0.29, 0.717) is 15.7 Å². The number of halogens is 2. The molecule has 3 nitrogen and oxygen atoms in total. The van der Waals surface area contributed by atoms with E-state index in [0.717, 1.165) is 0 Å². The second kappa shape index (κ2) is 4.20. The third-order valence-corrected chi connectivity index (χ3v) is 2.64. The first-order valence-corrected chi connectivity index (χ1v) is 5.21. The third-order valence-electron chi connectivity index (χ3n) is 2.12. The summed E-state index contributed by atoms with van der Waals surface area (Å²) < 4.78 is 1.45. The number of benzene rings is 1. The number of carbonyl (C=O) groups is 1. The minimum Gasteiger partial charge on any atom is -0.477 e. The lowest BCUT2D eigenvalue weighted by Gasteiger charge is -2.07. The van der Waals surface area contributed by atoms with Gasteiger partial charge in [0.15, 0.2) is 0 Å². The van der Waals surface area contributed by atoms with E-state index in [9.17, 15) is 4.79 Å². The summed E-state index contributed by atoms with van der Waals surface area (Å²) in [5.41, 5.74) is 0.673. The molecule has 0 bridgehead atoms. The summed E-state index contributed by atoms with van der Waals surface area (Å²) >= 11 is 11.8. The van der Waals surface area contributed by atoms with E-state index < -0.39 is 5.97 Å². The minimum atomic E-state index is -1.05. The van der Waals surface area contributed by atoms with Crippen LogP contribution in [0.5, 0.6) is 0 Å². The molecule has 0 amide bonds. The van der Waals surface area contributed by atoms with E-state index in [-0.39, 0.29) is 5.69 Å². The maximum atomic E-state index is 11.0. The smallest absolute Gasteiger partial charge is 0.352 e. The van der Waals surface area contributed by atoms with Gasteiger partial charge in [0.05, 0.1) is 15.7 Å². The third kappa shape index (κ3) is 1.92. The lowest BCUT2D eigenvalue weighted by Crippen LogP contribution is -2.05. The Morgan fingerprint density at radius 3 is 2.56 bits per heavy atom. The van der Waals surface area contributed by atoms with Gasteiger partial charge in [0.25, 0.3) is 0 Å². The Morgan fingerprint density at radius 1 is 1.25 bits per heavy atom. The molecular formula is C11H7Cl2NO2.